The van der Waals surface area contributed by atoms with Gasteiger partial charge >= 0.3 is 0 Å². The topological polar surface area (TPSA) is 35.5 Å². The van der Waals surface area contributed by atoms with E-state index in [0.29, 0.717) is 6.04 Å². The molecule has 0 amide bonds. The lowest BCUT2D eigenvalue weighted by Crippen LogP contribution is -2.58. The molecule has 0 aliphatic carbocycles. The number of rotatable bonds is 2. The van der Waals surface area contributed by atoms with Crippen LogP contribution in [0.4, 0.5) is 5.69 Å². The van der Waals surface area contributed by atoms with Crippen LogP contribution in [-0.4, -0.2) is 36.9 Å². The molecule has 106 valence electrons. The fraction of sp³-hybridized carbons (Fsp3) is 0.625. The summed E-state index contributed by atoms with van der Waals surface area (Å²) in [4.78, 5) is 2.34. The highest BCUT2D eigenvalue weighted by atomic mass is 16.3. The molecule has 0 radical (unpaired) electrons. The van der Waals surface area contributed by atoms with Gasteiger partial charge in [-0.25, -0.2) is 0 Å². The average Bonchev–Trinajstić information content (AvgIpc) is 2.37. The largest absolute Gasteiger partial charge is 0.394 e. The molecule has 3 heteroatoms. The molecule has 19 heavy (non-hydrogen) atoms. The van der Waals surface area contributed by atoms with Crippen LogP contribution >= 0.6 is 0 Å². The fourth-order valence-electron chi connectivity index (χ4n) is 2.77. The van der Waals surface area contributed by atoms with Gasteiger partial charge in [0, 0.05) is 24.8 Å². The van der Waals surface area contributed by atoms with Gasteiger partial charge in [0.1, 0.15) is 0 Å². The molecule has 2 unspecified atom stereocenters. The van der Waals surface area contributed by atoms with Crippen LogP contribution in [0, 0.1) is 0 Å². The van der Waals surface area contributed by atoms with E-state index >= 15 is 0 Å². The van der Waals surface area contributed by atoms with E-state index in [9.17, 15) is 5.11 Å². The fourth-order valence-corrected chi connectivity index (χ4v) is 2.77. The summed E-state index contributed by atoms with van der Waals surface area (Å²) < 4.78 is 0. The first kappa shape index (κ1) is 14.4. The first-order valence-corrected chi connectivity index (χ1v) is 7.14. The van der Waals surface area contributed by atoms with Crippen LogP contribution in [-0.2, 0) is 5.41 Å². The van der Waals surface area contributed by atoms with Crippen molar-refractivity contribution in [2.75, 3.05) is 24.6 Å². The van der Waals surface area contributed by atoms with Crippen molar-refractivity contribution in [3.63, 3.8) is 0 Å². The Morgan fingerprint density at radius 1 is 1.21 bits per heavy atom. The number of nitrogens with one attached hydrogen (secondary N) is 1. The number of nitrogens with zero attached hydrogens (tertiary/aromatic N) is 1. The molecule has 1 aliphatic rings. The summed E-state index contributed by atoms with van der Waals surface area (Å²) in [6, 6.07) is 9.36. The molecule has 1 aromatic rings. The molecule has 0 spiro atoms. The maximum atomic E-state index is 9.54. The highest BCUT2D eigenvalue weighted by molar-refractivity contribution is 5.51. The van der Waals surface area contributed by atoms with Crippen LogP contribution in [0.25, 0.3) is 0 Å². The van der Waals surface area contributed by atoms with Gasteiger partial charge < -0.3 is 15.3 Å². The van der Waals surface area contributed by atoms with Crippen molar-refractivity contribution < 1.29 is 5.11 Å². The Morgan fingerprint density at radius 2 is 1.84 bits per heavy atom. The molecule has 1 saturated heterocycles. The third-order valence-electron chi connectivity index (χ3n) is 3.93. The molecule has 0 saturated carbocycles. The number of anilines is 1. The van der Waals surface area contributed by atoms with Gasteiger partial charge in [-0.15, -0.1) is 0 Å². The van der Waals surface area contributed by atoms with Crippen molar-refractivity contribution in [3.8, 4) is 0 Å². The summed E-state index contributed by atoms with van der Waals surface area (Å²) in [6.45, 7) is 10.9. The van der Waals surface area contributed by atoms with Gasteiger partial charge in [-0.1, -0.05) is 32.9 Å². The van der Waals surface area contributed by atoms with E-state index in [4.69, 9.17) is 0 Å². The molecule has 1 heterocycles. The first-order chi connectivity index (χ1) is 8.93. The third-order valence-corrected chi connectivity index (χ3v) is 3.93. The van der Waals surface area contributed by atoms with E-state index in [1.807, 2.05) is 0 Å². The number of benzene rings is 1. The van der Waals surface area contributed by atoms with Crippen molar-refractivity contribution in [3.05, 3.63) is 29.8 Å². The number of aliphatic hydroxyl groups excluding tert-OH is 1. The van der Waals surface area contributed by atoms with Gasteiger partial charge in [0.05, 0.1) is 12.6 Å². The van der Waals surface area contributed by atoms with Crippen molar-refractivity contribution >= 4 is 5.69 Å². The number of piperazine rings is 1. The van der Waals surface area contributed by atoms with Gasteiger partial charge in [0.15, 0.2) is 0 Å². The predicted octanol–water partition coefficient (Wildman–Crippen LogP) is 2.14. The second-order valence-electron chi connectivity index (χ2n) is 6.55. The Balaban J connectivity index is 2.24. The van der Waals surface area contributed by atoms with Gasteiger partial charge in [-0.3, -0.25) is 0 Å². The maximum Gasteiger partial charge on any atom is 0.0649 e. The summed E-state index contributed by atoms with van der Waals surface area (Å²) in [7, 11) is 0. The van der Waals surface area contributed by atoms with E-state index in [-0.39, 0.29) is 18.1 Å². The van der Waals surface area contributed by atoms with Crippen LogP contribution < -0.4 is 10.2 Å². The molecule has 2 atom stereocenters. The van der Waals surface area contributed by atoms with Crippen molar-refractivity contribution in [1.82, 2.24) is 5.32 Å². The van der Waals surface area contributed by atoms with E-state index < -0.39 is 0 Å². The maximum absolute atomic E-state index is 9.54. The molecular weight excluding hydrogens is 236 g/mol. The molecule has 0 bridgehead atoms. The van der Waals surface area contributed by atoms with Crippen LogP contribution in [0.15, 0.2) is 24.3 Å². The van der Waals surface area contributed by atoms with Crippen LogP contribution in [0.5, 0.6) is 0 Å². The summed E-state index contributed by atoms with van der Waals surface area (Å²) in [5.74, 6) is 0. The van der Waals surface area contributed by atoms with Gasteiger partial charge in [-0.2, -0.15) is 0 Å². The van der Waals surface area contributed by atoms with Crippen LogP contribution in [0.2, 0.25) is 0 Å². The molecular formula is C16H26N2O. The van der Waals surface area contributed by atoms with Gasteiger partial charge in [-0.05, 0) is 30.0 Å². The summed E-state index contributed by atoms with van der Waals surface area (Å²) in [6.07, 6.45) is 0. The third kappa shape index (κ3) is 3.10. The van der Waals surface area contributed by atoms with Crippen molar-refractivity contribution in [2.45, 2.75) is 45.2 Å². The first-order valence-electron chi connectivity index (χ1n) is 7.14. The number of hydrogen-bond acceptors (Lipinski definition) is 3. The summed E-state index contributed by atoms with van der Waals surface area (Å²) >= 11 is 0. The highest BCUT2D eigenvalue weighted by Gasteiger charge is 2.27. The quantitative estimate of drug-likeness (QED) is 0.857. The van der Waals surface area contributed by atoms with Crippen LogP contribution in [0.1, 0.15) is 33.3 Å². The minimum Gasteiger partial charge on any atom is -0.394 e. The van der Waals surface area contributed by atoms with E-state index in [2.05, 4.69) is 62.2 Å². The van der Waals surface area contributed by atoms with E-state index in [0.717, 1.165) is 13.1 Å². The van der Waals surface area contributed by atoms with E-state index in [1.165, 1.54) is 11.3 Å². The van der Waals surface area contributed by atoms with E-state index in [1.54, 1.807) is 0 Å². The zero-order valence-electron chi connectivity index (χ0n) is 12.5. The summed E-state index contributed by atoms with van der Waals surface area (Å²) in [5.41, 5.74) is 2.74. The Morgan fingerprint density at radius 3 is 2.37 bits per heavy atom. The Kier molecular flexibility index (Phi) is 4.16. The average molecular weight is 262 g/mol. The normalized spacial score (nSPS) is 24.6. The smallest absolute Gasteiger partial charge is 0.0649 e. The molecule has 2 N–H and O–H groups in total. The molecule has 1 fully saturated rings. The van der Waals surface area contributed by atoms with Crippen molar-refractivity contribution in [1.29, 1.82) is 0 Å². The monoisotopic (exact) mass is 262 g/mol. The lowest BCUT2D eigenvalue weighted by molar-refractivity contribution is 0.235. The molecule has 2 rings (SSSR count). The predicted molar refractivity (Wildman–Crippen MR) is 80.8 cm³/mol. The standard InChI is InChI=1S/C16H26N2O/c1-12-9-17-10-15(11-19)18(12)14-7-5-13(6-8-14)16(2,3)4/h5-8,12,15,17,19H,9-11H2,1-4H3. The minimum atomic E-state index is 0.171. The van der Waals surface area contributed by atoms with Gasteiger partial charge in [0.2, 0.25) is 0 Å². The van der Waals surface area contributed by atoms with Gasteiger partial charge in [0.25, 0.3) is 0 Å². The molecule has 0 aromatic heterocycles. The minimum absolute atomic E-state index is 0.171. The Labute approximate surface area is 116 Å². The Bertz CT molecular complexity index is 408. The molecule has 1 aliphatic heterocycles. The molecule has 3 nitrogen and oxygen atoms in total. The lowest BCUT2D eigenvalue weighted by atomic mass is 9.87. The van der Waals surface area contributed by atoms with Crippen molar-refractivity contribution in [2.24, 2.45) is 0 Å². The second-order valence-corrected chi connectivity index (χ2v) is 6.55. The number of hydrogen-bond donors (Lipinski definition) is 2. The zero-order chi connectivity index (χ0) is 14.0. The van der Waals surface area contributed by atoms with Crippen LogP contribution in [0.3, 0.4) is 0 Å². The Hall–Kier alpha value is -1.06. The lowest BCUT2D eigenvalue weighted by Gasteiger charge is -2.42. The zero-order valence-corrected chi connectivity index (χ0v) is 12.5. The SMILES string of the molecule is CC1CNCC(CO)N1c1ccc(C(C)(C)C)cc1. The number of aliphatic hydroxyl groups is 1. The second kappa shape index (κ2) is 5.51. The molecule has 1 aromatic carbocycles. The highest BCUT2D eigenvalue weighted by Crippen LogP contribution is 2.27. The summed E-state index contributed by atoms with van der Waals surface area (Å²) in [5, 5.41) is 12.9.